The summed E-state index contributed by atoms with van der Waals surface area (Å²) in [4.78, 5) is 0. The van der Waals surface area contributed by atoms with Crippen molar-refractivity contribution >= 4 is 24.3 Å². The van der Waals surface area contributed by atoms with Crippen molar-refractivity contribution < 1.29 is 0 Å². The van der Waals surface area contributed by atoms with E-state index in [1.54, 1.807) is 0 Å². The summed E-state index contributed by atoms with van der Waals surface area (Å²) in [6.07, 6.45) is 1.92. The van der Waals surface area contributed by atoms with Gasteiger partial charge in [-0.15, -0.1) is 0 Å². The Bertz CT molecular complexity index is 619. The molecule has 0 unspecified atom stereocenters. The van der Waals surface area contributed by atoms with Crippen LogP contribution in [-0.2, 0) is 0 Å². The molecule has 20 heavy (non-hydrogen) atoms. The molecule has 102 valence electrons. The van der Waals surface area contributed by atoms with E-state index < -0.39 is 0 Å². The summed E-state index contributed by atoms with van der Waals surface area (Å²) in [6, 6.07) is 9.03. The molecule has 0 amide bonds. The summed E-state index contributed by atoms with van der Waals surface area (Å²) in [5.41, 5.74) is 11.0. The molecule has 0 fully saturated rings. The molecule has 1 heteroatoms. The van der Waals surface area contributed by atoms with Crippen molar-refractivity contribution in [3.63, 3.8) is 0 Å². The minimum absolute atomic E-state index is 1.02. The van der Waals surface area contributed by atoms with Gasteiger partial charge in [0.15, 0.2) is 7.28 Å². The summed E-state index contributed by atoms with van der Waals surface area (Å²) in [5.74, 6) is 0. The number of rotatable bonds is 3. The fourth-order valence-electron chi connectivity index (χ4n) is 3.09. The highest BCUT2D eigenvalue weighted by Crippen LogP contribution is 2.10. The van der Waals surface area contributed by atoms with Crippen LogP contribution in [0.25, 0.3) is 6.08 Å². The van der Waals surface area contributed by atoms with Gasteiger partial charge in [-0.25, -0.2) is 0 Å². The van der Waals surface area contributed by atoms with Crippen LogP contribution >= 0.6 is 0 Å². The van der Waals surface area contributed by atoms with Crippen molar-refractivity contribution in [1.82, 2.24) is 0 Å². The van der Waals surface area contributed by atoms with E-state index in [0.717, 1.165) is 7.28 Å². The minimum Gasteiger partial charge on any atom is -0.0985 e. The highest BCUT2D eigenvalue weighted by molar-refractivity contribution is 6.69. The van der Waals surface area contributed by atoms with Gasteiger partial charge in [0.05, 0.1) is 0 Å². The van der Waals surface area contributed by atoms with Gasteiger partial charge in [0.1, 0.15) is 0 Å². The van der Waals surface area contributed by atoms with E-state index in [1.807, 2.05) is 6.08 Å². The fourth-order valence-corrected chi connectivity index (χ4v) is 3.09. The molecular weight excluding hydrogens is 239 g/mol. The fraction of sp³-hybridized carbons (Fsp3) is 0.263. The van der Waals surface area contributed by atoms with Crippen molar-refractivity contribution in [2.24, 2.45) is 0 Å². The zero-order valence-corrected chi connectivity index (χ0v) is 13.3. The molecule has 0 aliphatic rings. The number of aryl methyl sites for hydroxylation is 5. The molecule has 2 aromatic rings. The Labute approximate surface area is 123 Å². The van der Waals surface area contributed by atoms with Gasteiger partial charge in [-0.2, -0.15) is 0 Å². The van der Waals surface area contributed by atoms with Crippen molar-refractivity contribution in [2.45, 2.75) is 34.6 Å². The number of hydrogen-bond donors (Lipinski definition) is 0. The first kappa shape index (κ1) is 14.6. The van der Waals surface area contributed by atoms with Gasteiger partial charge in [-0.1, -0.05) is 75.7 Å². The van der Waals surface area contributed by atoms with Crippen LogP contribution in [0.4, 0.5) is 0 Å². The van der Waals surface area contributed by atoms with Crippen LogP contribution in [0.5, 0.6) is 0 Å². The first-order valence-electron chi connectivity index (χ1n) is 7.21. The first-order valence-corrected chi connectivity index (χ1v) is 7.21. The molecule has 0 aromatic heterocycles. The van der Waals surface area contributed by atoms with Crippen molar-refractivity contribution in [3.05, 3.63) is 64.2 Å². The zero-order chi connectivity index (χ0) is 14.9. The van der Waals surface area contributed by atoms with Crippen LogP contribution < -0.4 is 10.9 Å². The normalized spacial score (nSPS) is 10.4. The third-order valence-electron chi connectivity index (χ3n) is 4.15. The predicted molar refractivity (Wildman–Crippen MR) is 93.1 cm³/mol. The van der Waals surface area contributed by atoms with Crippen LogP contribution in [0.2, 0.25) is 0 Å². The summed E-state index contributed by atoms with van der Waals surface area (Å²) in [6.45, 7) is 14.9. The Kier molecular flexibility index (Phi) is 4.18. The molecule has 0 N–H and O–H groups in total. The average molecular weight is 262 g/mol. The van der Waals surface area contributed by atoms with E-state index in [2.05, 4.69) is 65.5 Å². The van der Waals surface area contributed by atoms with Gasteiger partial charge in [0.25, 0.3) is 0 Å². The maximum Gasteiger partial charge on any atom is 0.193 e. The van der Waals surface area contributed by atoms with Crippen molar-refractivity contribution in [1.29, 1.82) is 0 Å². The highest BCUT2D eigenvalue weighted by Gasteiger charge is 2.11. The van der Waals surface area contributed by atoms with Crippen molar-refractivity contribution in [3.8, 4) is 0 Å². The Morgan fingerprint density at radius 3 is 1.55 bits per heavy atom. The van der Waals surface area contributed by atoms with Gasteiger partial charge in [-0.05, 0) is 40.2 Å². The van der Waals surface area contributed by atoms with E-state index in [1.165, 1.54) is 44.3 Å². The Morgan fingerprint density at radius 1 is 0.750 bits per heavy atom. The molecule has 0 bridgehead atoms. The van der Waals surface area contributed by atoms with Gasteiger partial charge >= 0.3 is 0 Å². The van der Waals surface area contributed by atoms with E-state index in [9.17, 15) is 0 Å². The topological polar surface area (TPSA) is 0 Å². The summed E-state index contributed by atoms with van der Waals surface area (Å²) in [5, 5.41) is 0. The molecule has 2 rings (SSSR count). The van der Waals surface area contributed by atoms with Crippen molar-refractivity contribution in [2.75, 3.05) is 0 Å². The van der Waals surface area contributed by atoms with E-state index in [4.69, 9.17) is 0 Å². The van der Waals surface area contributed by atoms with Gasteiger partial charge in [-0.3, -0.25) is 0 Å². The minimum atomic E-state index is 1.02. The van der Waals surface area contributed by atoms with E-state index in [-0.39, 0.29) is 0 Å². The molecule has 0 spiro atoms. The third-order valence-corrected chi connectivity index (χ3v) is 4.15. The Hall–Kier alpha value is -1.76. The van der Waals surface area contributed by atoms with Crippen LogP contribution in [0.3, 0.4) is 0 Å². The molecular formula is C19H23B. The van der Waals surface area contributed by atoms with E-state index in [0.29, 0.717) is 0 Å². The lowest BCUT2D eigenvalue weighted by Crippen LogP contribution is -2.34. The lowest BCUT2D eigenvalue weighted by Gasteiger charge is -2.15. The second-order valence-electron chi connectivity index (χ2n) is 5.89. The molecule has 0 aliphatic heterocycles. The molecule has 0 saturated heterocycles. The molecule has 0 atom stereocenters. The Balaban J connectivity index is 2.48. The average Bonchev–Trinajstić information content (AvgIpc) is 2.35. The first-order chi connectivity index (χ1) is 9.42. The quantitative estimate of drug-likeness (QED) is 0.745. The second kappa shape index (κ2) is 5.70. The van der Waals surface area contributed by atoms with Crippen LogP contribution in [0.1, 0.15) is 33.4 Å². The molecule has 0 aliphatic carbocycles. The smallest absolute Gasteiger partial charge is 0.0985 e. The summed E-state index contributed by atoms with van der Waals surface area (Å²) < 4.78 is 0. The Morgan fingerprint density at radius 2 is 1.15 bits per heavy atom. The van der Waals surface area contributed by atoms with Crippen LogP contribution in [-0.4, -0.2) is 7.28 Å². The molecule has 0 heterocycles. The van der Waals surface area contributed by atoms with Crippen LogP contribution in [0, 0.1) is 34.6 Å². The second-order valence-corrected chi connectivity index (χ2v) is 5.89. The van der Waals surface area contributed by atoms with E-state index >= 15 is 0 Å². The lowest BCUT2D eigenvalue weighted by molar-refractivity contribution is 1.35. The standard InChI is InChI=1S/C19H23B/c1-7-17-10-15(5)19(16(6)11-17)20-18-13(3)8-12(2)9-14(18)4/h7-11,20H,1H2,2-6H3. The summed E-state index contributed by atoms with van der Waals surface area (Å²) in [7, 11) is 1.02. The maximum absolute atomic E-state index is 3.86. The van der Waals surface area contributed by atoms with Gasteiger partial charge < -0.3 is 0 Å². The van der Waals surface area contributed by atoms with Gasteiger partial charge in [0.2, 0.25) is 0 Å². The van der Waals surface area contributed by atoms with Crippen LogP contribution in [0.15, 0.2) is 30.8 Å². The monoisotopic (exact) mass is 262 g/mol. The SMILES string of the molecule is C=Cc1cc(C)c(Bc2c(C)cc(C)cc2C)c(C)c1. The third kappa shape index (κ3) is 2.87. The number of hydrogen-bond acceptors (Lipinski definition) is 0. The number of benzene rings is 2. The molecule has 0 radical (unpaired) electrons. The molecule has 2 aromatic carbocycles. The highest BCUT2D eigenvalue weighted by atomic mass is 14.1. The molecule has 0 nitrogen and oxygen atoms in total. The maximum atomic E-state index is 3.86. The molecule has 0 saturated carbocycles. The lowest BCUT2D eigenvalue weighted by atomic mass is 9.58. The largest absolute Gasteiger partial charge is 0.193 e. The summed E-state index contributed by atoms with van der Waals surface area (Å²) >= 11 is 0. The van der Waals surface area contributed by atoms with Gasteiger partial charge in [0, 0.05) is 0 Å². The zero-order valence-electron chi connectivity index (χ0n) is 13.3. The predicted octanol–water partition coefficient (Wildman–Crippen LogP) is 3.26.